The summed E-state index contributed by atoms with van der Waals surface area (Å²) in [6.07, 6.45) is 0.556. The number of aromatic nitrogens is 1. The Kier molecular flexibility index (Phi) is 4.44. The van der Waals surface area contributed by atoms with Crippen molar-refractivity contribution < 1.29 is 9.59 Å². The van der Waals surface area contributed by atoms with Crippen LogP contribution in [0, 0.1) is 0 Å². The van der Waals surface area contributed by atoms with Gasteiger partial charge in [0.15, 0.2) is 0 Å². The monoisotopic (exact) mass is 296 g/mol. The summed E-state index contributed by atoms with van der Waals surface area (Å²) in [6, 6.07) is 2.85. The maximum Gasteiger partial charge on any atom is 0.274 e. The molecule has 0 saturated carbocycles. The maximum absolute atomic E-state index is 12.6. The number of hydrogen-bond acceptors (Lipinski definition) is 4. The highest BCUT2D eigenvalue weighted by molar-refractivity contribution is 6.33. The van der Waals surface area contributed by atoms with E-state index in [1.807, 2.05) is 6.92 Å². The molecule has 2 rings (SSSR count). The lowest BCUT2D eigenvalue weighted by molar-refractivity contribution is -0.127. The Bertz CT molecular complexity index is 535. The lowest BCUT2D eigenvalue weighted by atomic mass is 10.1. The number of carbonyl (C=O) groups excluding carboxylic acids is 2. The number of pyridine rings is 1. The Hall–Kier alpha value is -1.82. The maximum atomic E-state index is 12.6. The van der Waals surface area contributed by atoms with E-state index >= 15 is 0 Å². The molecule has 1 saturated heterocycles. The fraction of sp³-hybridized carbons (Fsp3) is 0.462. The van der Waals surface area contributed by atoms with Gasteiger partial charge in [0.25, 0.3) is 5.91 Å². The molecule has 1 aromatic heterocycles. The van der Waals surface area contributed by atoms with Gasteiger partial charge in [-0.3, -0.25) is 9.59 Å². The van der Waals surface area contributed by atoms with Crippen LogP contribution in [0.4, 0.5) is 5.82 Å². The molecule has 0 aromatic carbocycles. The van der Waals surface area contributed by atoms with Crippen LogP contribution in [0.15, 0.2) is 12.1 Å². The zero-order valence-corrected chi connectivity index (χ0v) is 12.2. The van der Waals surface area contributed by atoms with Gasteiger partial charge in [0, 0.05) is 20.1 Å². The average Bonchev–Trinajstić information content (AvgIpc) is 2.46. The number of hydrogen-bond donors (Lipinski definition) is 2. The van der Waals surface area contributed by atoms with Crippen LogP contribution >= 0.6 is 11.6 Å². The molecule has 2 amide bonds. The van der Waals surface area contributed by atoms with Crippen molar-refractivity contribution in [3.8, 4) is 0 Å². The molecule has 0 aliphatic carbocycles. The highest BCUT2D eigenvalue weighted by Gasteiger charge is 2.33. The van der Waals surface area contributed by atoms with Crippen molar-refractivity contribution in [1.29, 1.82) is 0 Å². The van der Waals surface area contributed by atoms with Gasteiger partial charge in [0.1, 0.15) is 17.6 Å². The van der Waals surface area contributed by atoms with E-state index in [1.165, 1.54) is 4.90 Å². The van der Waals surface area contributed by atoms with Crippen molar-refractivity contribution >= 4 is 29.2 Å². The first-order valence-electron chi connectivity index (χ1n) is 6.51. The molecular weight excluding hydrogens is 280 g/mol. The summed E-state index contributed by atoms with van der Waals surface area (Å²) in [5, 5.41) is 5.91. The van der Waals surface area contributed by atoms with Crippen molar-refractivity contribution in [2.75, 3.05) is 25.5 Å². The number of rotatable bonds is 3. The standard InChI is InChI=1S/C13H17ClN4O2/c1-3-9-12(19)16-6-7-18(9)13(20)11-8(14)4-5-10(15-2)17-11/h4-5,9H,3,6-7H2,1-2H3,(H,15,17)(H,16,19). The van der Waals surface area contributed by atoms with E-state index in [9.17, 15) is 9.59 Å². The lowest BCUT2D eigenvalue weighted by Crippen LogP contribution is -2.57. The van der Waals surface area contributed by atoms with E-state index in [4.69, 9.17) is 11.6 Å². The summed E-state index contributed by atoms with van der Waals surface area (Å²) in [6.45, 7) is 2.78. The van der Waals surface area contributed by atoms with Gasteiger partial charge in [-0.15, -0.1) is 0 Å². The lowest BCUT2D eigenvalue weighted by Gasteiger charge is -2.34. The van der Waals surface area contributed by atoms with Crippen LogP contribution in [0.2, 0.25) is 5.02 Å². The quantitative estimate of drug-likeness (QED) is 0.877. The third-order valence-electron chi connectivity index (χ3n) is 3.28. The molecule has 0 spiro atoms. The molecule has 0 radical (unpaired) electrons. The molecule has 1 aliphatic heterocycles. The minimum absolute atomic E-state index is 0.131. The Labute approximate surface area is 122 Å². The van der Waals surface area contributed by atoms with Crippen LogP contribution in [0.25, 0.3) is 0 Å². The first-order valence-corrected chi connectivity index (χ1v) is 6.89. The van der Waals surface area contributed by atoms with Gasteiger partial charge in [-0.25, -0.2) is 4.98 Å². The van der Waals surface area contributed by atoms with Gasteiger partial charge in [-0.05, 0) is 18.6 Å². The molecular formula is C13H17ClN4O2. The number of nitrogens with one attached hydrogen (secondary N) is 2. The highest BCUT2D eigenvalue weighted by atomic mass is 35.5. The summed E-state index contributed by atoms with van der Waals surface area (Å²) < 4.78 is 0. The molecule has 20 heavy (non-hydrogen) atoms. The van der Waals surface area contributed by atoms with Crippen LogP contribution in [-0.2, 0) is 4.79 Å². The van der Waals surface area contributed by atoms with Gasteiger partial charge in [0.05, 0.1) is 5.02 Å². The SMILES string of the molecule is CCC1C(=O)NCCN1C(=O)c1nc(NC)ccc1Cl. The Balaban J connectivity index is 2.32. The molecule has 1 fully saturated rings. The summed E-state index contributed by atoms with van der Waals surface area (Å²) in [5.41, 5.74) is 0.173. The smallest absolute Gasteiger partial charge is 0.274 e. The predicted molar refractivity (Wildman–Crippen MR) is 76.9 cm³/mol. The van der Waals surface area contributed by atoms with Crippen molar-refractivity contribution in [3.63, 3.8) is 0 Å². The predicted octanol–water partition coefficient (Wildman–Crippen LogP) is 1.13. The van der Waals surface area contributed by atoms with Crippen LogP contribution in [0.5, 0.6) is 0 Å². The molecule has 6 nitrogen and oxygen atoms in total. The first-order chi connectivity index (χ1) is 9.58. The van der Waals surface area contributed by atoms with Crippen LogP contribution < -0.4 is 10.6 Å². The fourth-order valence-corrected chi connectivity index (χ4v) is 2.42. The first kappa shape index (κ1) is 14.6. The van der Waals surface area contributed by atoms with E-state index in [2.05, 4.69) is 15.6 Å². The molecule has 108 valence electrons. The van der Waals surface area contributed by atoms with Gasteiger partial charge in [-0.1, -0.05) is 18.5 Å². The van der Waals surface area contributed by atoms with Gasteiger partial charge in [0.2, 0.25) is 5.91 Å². The Morgan fingerprint density at radius 3 is 3.00 bits per heavy atom. The number of amides is 2. The third-order valence-corrected chi connectivity index (χ3v) is 3.59. The zero-order valence-electron chi connectivity index (χ0n) is 11.4. The van der Waals surface area contributed by atoms with E-state index in [0.717, 1.165) is 0 Å². The molecule has 1 aliphatic rings. The number of piperazine rings is 1. The summed E-state index contributed by atoms with van der Waals surface area (Å²) in [4.78, 5) is 30.1. The summed E-state index contributed by atoms with van der Waals surface area (Å²) in [7, 11) is 1.72. The number of halogens is 1. The molecule has 1 aromatic rings. The highest BCUT2D eigenvalue weighted by Crippen LogP contribution is 2.20. The average molecular weight is 297 g/mol. The van der Waals surface area contributed by atoms with E-state index in [-0.39, 0.29) is 22.5 Å². The largest absolute Gasteiger partial charge is 0.373 e. The van der Waals surface area contributed by atoms with Crippen molar-refractivity contribution in [3.05, 3.63) is 22.8 Å². The van der Waals surface area contributed by atoms with Crippen molar-refractivity contribution in [2.45, 2.75) is 19.4 Å². The second-order valence-corrected chi connectivity index (χ2v) is 4.90. The molecule has 0 bridgehead atoms. The van der Waals surface area contributed by atoms with Crippen molar-refractivity contribution in [2.24, 2.45) is 0 Å². The van der Waals surface area contributed by atoms with Gasteiger partial charge >= 0.3 is 0 Å². The minimum atomic E-state index is -0.465. The number of carbonyl (C=O) groups is 2. The van der Waals surface area contributed by atoms with E-state index in [0.29, 0.717) is 25.3 Å². The van der Waals surface area contributed by atoms with E-state index < -0.39 is 6.04 Å². The third kappa shape index (κ3) is 2.70. The van der Waals surface area contributed by atoms with E-state index in [1.54, 1.807) is 19.2 Å². The second kappa shape index (κ2) is 6.09. The fourth-order valence-electron chi connectivity index (χ4n) is 2.23. The van der Waals surface area contributed by atoms with Crippen molar-refractivity contribution in [1.82, 2.24) is 15.2 Å². The summed E-state index contributed by atoms with van der Waals surface area (Å²) >= 11 is 6.06. The topological polar surface area (TPSA) is 74.3 Å². The van der Waals surface area contributed by atoms with Crippen LogP contribution in [0.1, 0.15) is 23.8 Å². The Morgan fingerprint density at radius 1 is 1.60 bits per heavy atom. The van der Waals surface area contributed by atoms with Crippen LogP contribution in [-0.4, -0.2) is 47.9 Å². The molecule has 2 N–H and O–H groups in total. The molecule has 1 atom stereocenters. The number of nitrogens with zero attached hydrogens (tertiary/aromatic N) is 2. The second-order valence-electron chi connectivity index (χ2n) is 4.49. The van der Waals surface area contributed by atoms with Crippen LogP contribution in [0.3, 0.4) is 0 Å². The van der Waals surface area contributed by atoms with Gasteiger partial charge < -0.3 is 15.5 Å². The number of anilines is 1. The molecule has 1 unspecified atom stereocenters. The zero-order chi connectivity index (χ0) is 14.7. The molecule has 2 heterocycles. The normalized spacial score (nSPS) is 18.6. The Morgan fingerprint density at radius 2 is 2.35 bits per heavy atom. The molecule has 7 heteroatoms. The van der Waals surface area contributed by atoms with Gasteiger partial charge in [-0.2, -0.15) is 0 Å². The minimum Gasteiger partial charge on any atom is -0.373 e. The summed E-state index contributed by atoms with van der Waals surface area (Å²) in [5.74, 6) is 0.119.